The average Bonchev–Trinajstić information content (AvgIpc) is 3.19. The standard InChI is InChI=1S/C17H18FN5O5S/c18-8-3-1-7(2-4-8)6-29-17-20-10-13(21-16(19)22-14(10)27)23(17)15-12(26)11(25)9(5-24)28-15/h1-4,9,11-12,15,24-26H,5-6H2,(H3,19,21,22,27)/t9-,11-,12-,15-/m1/s1. The number of imidazole rings is 1. The molecule has 0 spiro atoms. The molecule has 0 saturated carbocycles. The van der Waals surface area contributed by atoms with Crippen molar-refractivity contribution in [3.8, 4) is 0 Å². The molecule has 2 aromatic heterocycles. The zero-order valence-corrected chi connectivity index (χ0v) is 15.7. The lowest BCUT2D eigenvalue weighted by Crippen LogP contribution is -2.33. The largest absolute Gasteiger partial charge is 0.394 e. The molecule has 1 aliphatic heterocycles. The van der Waals surface area contributed by atoms with E-state index in [9.17, 15) is 24.5 Å². The van der Waals surface area contributed by atoms with Gasteiger partial charge in [0.2, 0.25) is 5.95 Å². The highest BCUT2D eigenvalue weighted by molar-refractivity contribution is 7.98. The number of benzene rings is 1. The molecule has 154 valence electrons. The van der Waals surface area contributed by atoms with Gasteiger partial charge < -0.3 is 25.8 Å². The second-order valence-electron chi connectivity index (χ2n) is 6.53. The molecule has 0 amide bonds. The van der Waals surface area contributed by atoms with Gasteiger partial charge in [-0.25, -0.2) is 9.37 Å². The van der Waals surface area contributed by atoms with Gasteiger partial charge >= 0.3 is 0 Å². The highest BCUT2D eigenvalue weighted by Gasteiger charge is 2.45. The van der Waals surface area contributed by atoms with E-state index >= 15 is 0 Å². The van der Waals surface area contributed by atoms with Crippen molar-refractivity contribution in [3.05, 3.63) is 46.0 Å². The third-order valence-electron chi connectivity index (χ3n) is 4.59. The molecule has 3 aromatic rings. The number of aromatic amines is 1. The number of aromatic nitrogens is 4. The Bertz CT molecular complexity index is 1090. The summed E-state index contributed by atoms with van der Waals surface area (Å²) < 4.78 is 20.1. The number of aliphatic hydroxyl groups excluding tert-OH is 3. The van der Waals surface area contributed by atoms with Gasteiger partial charge in [-0.05, 0) is 17.7 Å². The van der Waals surface area contributed by atoms with Gasteiger partial charge in [-0.3, -0.25) is 14.3 Å². The highest BCUT2D eigenvalue weighted by atomic mass is 32.2. The molecular weight excluding hydrogens is 405 g/mol. The number of nitrogen functional groups attached to an aromatic ring is 1. The molecule has 0 aliphatic carbocycles. The van der Waals surface area contributed by atoms with Gasteiger partial charge in [-0.15, -0.1) is 0 Å². The van der Waals surface area contributed by atoms with E-state index in [-0.39, 0.29) is 28.1 Å². The van der Waals surface area contributed by atoms with E-state index in [4.69, 9.17) is 10.5 Å². The summed E-state index contributed by atoms with van der Waals surface area (Å²) >= 11 is 1.21. The first kappa shape index (κ1) is 19.8. The van der Waals surface area contributed by atoms with Crippen LogP contribution in [0.5, 0.6) is 0 Å². The third kappa shape index (κ3) is 3.60. The summed E-state index contributed by atoms with van der Waals surface area (Å²) in [7, 11) is 0. The molecule has 1 aromatic carbocycles. The summed E-state index contributed by atoms with van der Waals surface area (Å²) in [5, 5.41) is 30.2. The number of fused-ring (bicyclic) bond motifs is 1. The van der Waals surface area contributed by atoms with E-state index in [2.05, 4.69) is 15.0 Å². The molecule has 1 aliphatic rings. The first-order valence-electron chi connectivity index (χ1n) is 8.66. The Balaban J connectivity index is 1.77. The topological polar surface area (TPSA) is 160 Å². The number of aliphatic hydroxyl groups is 3. The summed E-state index contributed by atoms with van der Waals surface area (Å²) in [6.45, 7) is -0.504. The van der Waals surface area contributed by atoms with Crippen molar-refractivity contribution < 1.29 is 24.4 Å². The Hall–Kier alpha value is -2.51. The molecule has 10 nitrogen and oxygen atoms in total. The Morgan fingerprint density at radius 2 is 1.97 bits per heavy atom. The van der Waals surface area contributed by atoms with Crippen LogP contribution in [-0.4, -0.2) is 59.8 Å². The second kappa shape index (κ2) is 7.72. The quantitative estimate of drug-likeness (QED) is 0.349. The number of nitrogens with one attached hydrogen (secondary N) is 1. The van der Waals surface area contributed by atoms with E-state index in [0.717, 1.165) is 5.56 Å². The van der Waals surface area contributed by atoms with Crippen LogP contribution >= 0.6 is 11.8 Å². The van der Waals surface area contributed by atoms with Crippen LogP contribution in [-0.2, 0) is 10.5 Å². The summed E-state index contributed by atoms with van der Waals surface area (Å²) in [5.74, 6) is -0.125. The van der Waals surface area contributed by atoms with Crippen molar-refractivity contribution in [1.82, 2.24) is 19.5 Å². The predicted octanol–water partition coefficient (Wildman–Crippen LogP) is -0.255. The van der Waals surface area contributed by atoms with Crippen molar-refractivity contribution >= 4 is 28.9 Å². The zero-order chi connectivity index (χ0) is 20.7. The third-order valence-corrected chi connectivity index (χ3v) is 5.61. The van der Waals surface area contributed by atoms with Gasteiger partial charge in [0.1, 0.15) is 24.1 Å². The minimum atomic E-state index is -1.39. The summed E-state index contributed by atoms with van der Waals surface area (Å²) in [6, 6.07) is 5.89. The maximum absolute atomic E-state index is 13.1. The van der Waals surface area contributed by atoms with Crippen molar-refractivity contribution in [3.63, 3.8) is 0 Å². The van der Waals surface area contributed by atoms with E-state index in [1.54, 1.807) is 12.1 Å². The molecule has 12 heteroatoms. The van der Waals surface area contributed by atoms with Crippen LogP contribution in [0.4, 0.5) is 10.3 Å². The van der Waals surface area contributed by atoms with E-state index in [1.807, 2.05) is 0 Å². The number of anilines is 1. The zero-order valence-electron chi connectivity index (χ0n) is 14.9. The SMILES string of the molecule is Nc1nc2c(nc(SCc3ccc(F)cc3)n2[C@@H]2O[C@H](CO)[C@@H](O)[C@H]2O)c(=O)[nH]1. The Morgan fingerprint density at radius 1 is 1.24 bits per heavy atom. The van der Waals surface area contributed by atoms with Crippen molar-refractivity contribution in [2.24, 2.45) is 0 Å². The molecule has 1 fully saturated rings. The van der Waals surface area contributed by atoms with Crippen LogP contribution in [0.15, 0.2) is 34.2 Å². The lowest BCUT2D eigenvalue weighted by atomic mass is 10.1. The van der Waals surface area contributed by atoms with Crippen molar-refractivity contribution in [2.45, 2.75) is 35.4 Å². The molecular formula is C17H18FN5O5S. The second-order valence-corrected chi connectivity index (χ2v) is 7.47. The normalized spacial score (nSPS) is 24.4. The maximum atomic E-state index is 13.1. The summed E-state index contributed by atoms with van der Waals surface area (Å²) in [5.41, 5.74) is 5.95. The fourth-order valence-corrected chi connectivity index (χ4v) is 4.11. The number of ether oxygens (including phenoxy) is 1. The first-order valence-corrected chi connectivity index (χ1v) is 9.65. The number of hydrogen-bond donors (Lipinski definition) is 5. The number of rotatable bonds is 5. The van der Waals surface area contributed by atoms with Gasteiger partial charge in [0.05, 0.1) is 6.61 Å². The molecule has 3 heterocycles. The number of thioether (sulfide) groups is 1. The van der Waals surface area contributed by atoms with Crippen LogP contribution in [0.3, 0.4) is 0 Å². The van der Waals surface area contributed by atoms with Crippen LogP contribution in [0.25, 0.3) is 11.2 Å². The van der Waals surface area contributed by atoms with Crippen LogP contribution in [0, 0.1) is 5.82 Å². The van der Waals surface area contributed by atoms with E-state index in [0.29, 0.717) is 5.75 Å². The van der Waals surface area contributed by atoms with Crippen molar-refractivity contribution in [1.29, 1.82) is 0 Å². The van der Waals surface area contributed by atoms with Crippen molar-refractivity contribution in [2.75, 3.05) is 12.3 Å². The summed E-state index contributed by atoms with van der Waals surface area (Å²) in [4.78, 5) is 23.0. The Kier molecular flexibility index (Phi) is 5.27. The minimum Gasteiger partial charge on any atom is -0.394 e. The van der Waals surface area contributed by atoms with Gasteiger partial charge in [-0.1, -0.05) is 23.9 Å². The number of halogens is 1. The highest BCUT2D eigenvalue weighted by Crippen LogP contribution is 2.36. The predicted molar refractivity (Wildman–Crippen MR) is 102 cm³/mol. The summed E-state index contributed by atoms with van der Waals surface area (Å²) in [6.07, 6.45) is -4.88. The average molecular weight is 423 g/mol. The number of nitrogens with two attached hydrogens (primary N) is 1. The van der Waals surface area contributed by atoms with Gasteiger partial charge in [-0.2, -0.15) is 4.98 Å². The lowest BCUT2D eigenvalue weighted by Gasteiger charge is -2.19. The van der Waals surface area contributed by atoms with E-state index < -0.39 is 36.7 Å². The molecule has 0 unspecified atom stereocenters. The first-order chi connectivity index (χ1) is 13.9. The molecule has 6 N–H and O–H groups in total. The molecule has 1 saturated heterocycles. The van der Waals surface area contributed by atoms with E-state index in [1.165, 1.54) is 28.5 Å². The Morgan fingerprint density at radius 3 is 2.62 bits per heavy atom. The number of H-pyrrole nitrogens is 1. The fourth-order valence-electron chi connectivity index (χ4n) is 3.13. The van der Waals surface area contributed by atoms with Gasteiger partial charge in [0.15, 0.2) is 22.5 Å². The maximum Gasteiger partial charge on any atom is 0.280 e. The molecule has 29 heavy (non-hydrogen) atoms. The molecule has 4 atom stereocenters. The smallest absolute Gasteiger partial charge is 0.280 e. The Labute approximate surface area is 167 Å². The number of nitrogens with zero attached hydrogens (tertiary/aromatic N) is 3. The molecule has 0 bridgehead atoms. The molecule has 0 radical (unpaired) electrons. The monoisotopic (exact) mass is 423 g/mol. The number of hydrogen-bond acceptors (Lipinski definition) is 9. The van der Waals surface area contributed by atoms with Crippen LogP contribution in [0.2, 0.25) is 0 Å². The lowest BCUT2D eigenvalue weighted by molar-refractivity contribution is -0.0548. The van der Waals surface area contributed by atoms with Gasteiger partial charge in [0.25, 0.3) is 5.56 Å². The fraction of sp³-hybridized carbons (Fsp3) is 0.353. The minimum absolute atomic E-state index is 0.0152. The van der Waals surface area contributed by atoms with Crippen LogP contribution < -0.4 is 11.3 Å². The van der Waals surface area contributed by atoms with Crippen LogP contribution in [0.1, 0.15) is 11.8 Å². The molecule has 4 rings (SSSR count). The van der Waals surface area contributed by atoms with Gasteiger partial charge in [0, 0.05) is 5.75 Å².